The lowest BCUT2D eigenvalue weighted by Crippen LogP contribution is -2.55. The Morgan fingerprint density at radius 1 is 1.26 bits per heavy atom. The van der Waals surface area contributed by atoms with E-state index in [-0.39, 0.29) is 5.54 Å². The first-order valence-corrected chi connectivity index (χ1v) is 6.62. The highest BCUT2D eigenvalue weighted by Gasteiger charge is 2.34. The minimum atomic E-state index is -0.790. The fourth-order valence-electron chi connectivity index (χ4n) is 1.90. The van der Waals surface area contributed by atoms with Crippen LogP contribution in [-0.2, 0) is 6.54 Å². The van der Waals surface area contributed by atoms with E-state index < -0.39 is 5.60 Å². The van der Waals surface area contributed by atoms with E-state index in [0.29, 0.717) is 6.54 Å². The highest BCUT2D eigenvalue weighted by molar-refractivity contribution is 5.42. The van der Waals surface area contributed by atoms with Crippen LogP contribution in [0.2, 0.25) is 0 Å². The van der Waals surface area contributed by atoms with Crippen molar-refractivity contribution in [2.45, 2.75) is 52.3 Å². The van der Waals surface area contributed by atoms with E-state index in [2.05, 4.69) is 14.7 Å². The summed E-state index contributed by atoms with van der Waals surface area (Å²) in [5, 5.41) is 13.6. The Hall–Kier alpha value is -1.39. The summed E-state index contributed by atoms with van der Waals surface area (Å²) in [7, 11) is 0. The molecule has 0 fully saturated rings. The zero-order chi connectivity index (χ0) is 14.3. The number of hydrogen-bond acceptors (Lipinski definition) is 3. The van der Waals surface area contributed by atoms with Crippen molar-refractivity contribution in [2.24, 2.45) is 0 Å². The maximum atomic E-state index is 10.2. The van der Waals surface area contributed by atoms with Crippen LogP contribution in [0.4, 0.5) is 0 Å². The van der Waals surface area contributed by atoms with Gasteiger partial charge in [-0.05, 0) is 46.8 Å². The Labute approximate surface area is 114 Å². The van der Waals surface area contributed by atoms with Gasteiger partial charge in [0.2, 0.25) is 0 Å². The summed E-state index contributed by atoms with van der Waals surface area (Å²) in [5.41, 5.74) is 1.94. The predicted molar refractivity (Wildman–Crippen MR) is 77.1 cm³/mol. The third-order valence-electron chi connectivity index (χ3n) is 4.06. The molecule has 0 saturated carbocycles. The minimum Gasteiger partial charge on any atom is -0.389 e. The SMILES string of the molecule is Cc1nc2ccccn2c1CNC(C)(C)C(C)(C)O. The number of fused-ring (bicyclic) bond motifs is 1. The summed E-state index contributed by atoms with van der Waals surface area (Å²) in [6, 6.07) is 5.98. The number of hydrogen-bond donors (Lipinski definition) is 2. The van der Waals surface area contributed by atoms with Gasteiger partial charge in [0.05, 0.1) is 17.0 Å². The van der Waals surface area contributed by atoms with Crippen LogP contribution >= 0.6 is 0 Å². The summed E-state index contributed by atoms with van der Waals surface area (Å²) in [5.74, 6) is 0. The number of imidazole rings is 1. The third-order valence-corrected chi connectivity index (χ3v) is 4.06. The van der Waals surface area contributed by atoms with Gasteiger partial charge in [-0.15, -0.1) is 0 Å². The standard InChI is InChI=1S/C15H23N3O/c1-11-12(10-16-14(2,3)15(4,5)19)18-9-7-6-8-13(18)17-11/h6-9,16,19H,10H2,1-5H3. The van der Waals surface area contributed by atoms with Crippen LogP contribution in [-0.4, -0.2) is 25.6 Å². The fraction of sp³-hybridized carbons (Fsp3) is 0.533. The lowest BCUT2D eigenvalue weighted by Gasteiger charge is -2.38. The van der Waals surface area contributed by atoms with Gasteiger partial charge in [0.1, 0.15) is 5.65 Å². The van der Waals surface area contributed by atoms with Gasteiger partial charge in [0, 0.05) is 18.3 Å². The maximum Gasteiger partial charge on any atom is 0.137 e. The molecule has 0 spiro atoms. The molecule has 104 valence electrons. The van der Waals surface area contributed by atoms with Gasteiger partial charge in [-0.2, -0.15) is 0 Å². The van der Waals surface area contributed by atoms with E-state index in [4.69, 9.17) is 0 Å². The van der Waals surface area contributed by atoms with E-state index in [9.17, 15) is 5.11 Å². The van der Waals surface area contributed by atoms with Crippen LogP contribution in [0.1, 0.15) is 39.1 Å². The molecule has 2 heterocycles. The largest absolute Gasteiger partial charge is 0.389 e. The van der Waals surface area contributed by atoms with Gasteiger partial charge in [-0.25, -0.2) is 4.98 Å². The van der Waals surface area contributed by atoms with Crippen molar-refractivity contribution in [2.75, 3.05) is 0 Å². The van der Waals surface area contributed by atoms with Crippen LogP contribution in [0.3, 0.4) is 0 Å². The first-order valence-electron chi connectivity index (χ1n) is 6.62. The van der Waals surface area contributed by atoms with Crippen molar-refractivity contribution in [3.05, 3.63) is 35.8 Å². The number of rotatable bonds is 4. The zero-order valence-electron chi connectivity index (χ0n) is 12.4. The van der Waals surface area contributed by atoms with E-state index in [1.807, 2.05) is 59.0 Å². The lowest BCUT2D eigenvalue weighted by atomic mass is 9.86. The quantitative estimate of drug-likeness (QED) is 0.887. The second-order valence-electron chi connectivity index (χ2n) is 6.11. The van der Waals surface area contributed by atoms with E-state index in [1.165, 1.54) is 0 Å². The third kappa shape index (κ3) is 2.65. The molecule has 0 aliphatic carbocycles. The van der Waals surface area contributed by atoms with Gasteiger partial charge in [-0.3, -0.25) is 0 Å². The minimum absolute atomic E-state index is 0.377. The zero-order valence-corrected chi connectivity index (χ0v) is 12.4. The summed E-state index contributed by atoms with van der Waals surface area (Å²) in [4.78, 5) is 4.54. The molecule has 2 aromatic rings. The van der Waals surface area contributed by atoms with Gasteiger partial charge < -0.3 is 14.8 Å². The fourth-order valence-corrected chi connectivity index (χ4v) is 1.90. The topological polar surface area (TPSA) is 49.6 Å². The summed E-state index contributed by atoms with van der Waals surface area (Å²) in [6.45, 7) is 10.3. The molecule has 0 radical (unpaired) electrons. The van der Waals surface area contributed by atoms with Crippen LogP contribution in [0.15, 0.2) is 24.4 Å². The first-order chi connectivity index (χ1) is 8.72. The highest BCUT2D eigenvalue weighted by atomic mass is 16.3. The normalized spacial score (nSPS) is 13.2. The number of nitrogens with one attached hydrogen (secondary N) is 1. The Morgan fingerprint density at radius 3 is 2.58 bits per heavy atom. The van der Waals surface area contributed by atoms with Crippen LogP contribution in [0.25, 0.3) is 5.65 Å². The highest BCUT2D eigenvalue weighted by Crippen LogP contribution is 2.21. The second kappa shape index (κ2) is 4.62. The molecule has 0 bridgehead atoms. The Balaban J connectivity index is 2.25. The summed E-state index contributed by atoms with van der Waals surface area (Å²) < 4.78 is 2.09. The number of aromatic nitrogens is 2. The molecule has 4 heteroatoms. The number of nitrogens with zero attached hydrogens (tertiary/aromatic N) is 2. The van der Waals surface area contributed by atoms with Crippen molar-refractivity contribution in [3.8, 4) is 0 Å². The number of pyridine rings is 1. The Kier molecular flexibility index (Phi) is 3.41. The molecule has 0 saturated heterocycles. The van der Waals surface area contributed by atoms with Gasteiger partial charge in [0.25, 0.3) is 0 Å². The average molecular weight is 261 g/mol. The number of aliphatic hydroxyl groups is 1. The van der Waals surface area contributed by atoms with Gasteiger partial charge in [0.15, 0.2) is 0 Å². The average Bonchev–Trinajstić information content (AvgIpc) is 2.60. The van der Waals surface area contributed by atoms with Crippen molar-refractivity contribution in [1.29, 1.82) is 0 Å². The van der Waals surface area contributed by atoms with Gasteiger partial charge >= 0.3 is 0 Å². The van der Waals surface area contributed by atoms with Crippen molar-refractivity contribution >= 4 is 5.65 Å². The second-order valence-corrected chi connectivity index (χ2v) is 6.11. The van der Waals surface area contributed by atoms with E-state index in [1.54, 1.807) is 0 Å². The molecule has 0 aromatic carbocycles. The van der Waals surface area contributed by atoms with E-state index >= 15 is 0 Å². The monoisotopic (exact) mass is 261 g/mol. The molecule has 0 aliphatic rings. The molecule has 0 atom stereocenters. The molecule has 2 aromatic heterocycles. The molecular formula is C15H23N3O. The van der Waals surface area contributed by atoms with Crippen molar-refractivity contribution in [3.63, 3.8) is 0 Å². The smallest absolute Gasteiger partial charge is 0.137 e. The van der Waals surface area contributed by atoms with E-state index in [0.717, 1.165) is 17.0 Å². The van der Waals surface area contributed by atoms with Crippen LogP contribution < -0.4 is 5.32 Å². The summed E-state index contributed by atoms with van der Waals surface area (Å²) in [6.07, 6.45) is 2.02. The summed E-state index contributed by atoms with van der Waals surface area (Å²) >= 11 is 0. The number of aryl methyl sites for hydroxylation is 1. The Bertz CT molecular complexity index is 579. The maximum absolute atomic E-state index is 10.2. The molecule has 2 N–H and O–H groups in total. The first kappa shape index (κ1) is 14.0. The van der Waals surface area contributed by atoms with Crippen LogP contribution in [0, 0.1) is 6.92 Å². The van der Waals surface area contributed by atoms with Crippen molar-refractivity contribution in [1.82, 2.24) is 14.7 Å². The molecule has 19 heavy (non-hydrogen) atoms. The van der Waals surface area contributed by atoms with Gasteiger partial charge in [-0.1, -0.05) is 6.07 Å². The van der Waals surface area contributed by atoms with Crippen LogP contribution in [0.5, 0.6) is 0 Å². The molecular weight excluding hydrogens is 238 g/mol. The predicted octanol–water partition coefficient (Wildman–Crippen LogP) is 2.28. The Morgan fingerprint density at radius 2 is 1.95 bits per heavy atom. The van der Waals surface area contributed by atoms with Crippen molar-refractivity contribution < 1.29 is 5.11 Å². The molecule has 0 unspecified atom stereocenters. The molecule has 0 amide bonds. The molecule has 2 rings (SSSR count). The molecule has 0 aliphatic heterocycles. The lowest BCUT2D eigenvalue weighted by molar-refractivity contribution is -0.00550. The molecule has 4 nitrogen and oxygen atoms in total.